The van der Waals surface area contributed by atoms with E-state index < -0.39 is 0 Å². The molecule has 0 fully saturated rings. The molecule has 0 radical (unpaired) electrons. The van der Waals surface area contributed by atoms with Crippen molar-refractivity contribution in [2.24, 2.45) is 0 Å². The molecule has 0 aliphatic heterocycles. The van der Waals surface area contributed by atoms with Gasteiger partial charge in [0.15, 0.2) is 11.5 Å². The second-order valence-corrected chi connectivity index (χ2v) is 7.39. The normalized spacial score (nSPS) is 11.4. The van der Waals surface area contributed by atoms with Gasteiger partial charge in [0, 0.05) is 22.7 Å². The Morgan fingerprint density at radius 2 is 1.80 bits per heavy atom. The summed E-state index contributed by atoms with van der Waals surface area (Å²) in [5.41, 5.74) is 2.02. The Morgan fingerprint density at radius 1 is 1.08 bits per heavy atom. The molecule has 0 saturated carbocycles. The maximum Gasteiger partial charge on any atom is 0.180 e. The van der Waals surface area contributed by atoms with E-state index in [1.807, 2.05) is 36.4 Å². The minimum absolute atomic E-state index is 0.0684. The summed E-state index contributed by atoms with van der Waals surface area (Å²) < 4.78 is 11.4. The lowest BCUT2D eigenvalue weighted by molar-refractivity contribution is 0.284. The van der Waals surface area contributed by atoms with Gasteiger partial charge in [0.25, 0.3) is 0 Å². The minimum atomic E-state index is 0.0684. The van der Waals surface area contributed by atoms with Gasteiger partial charge in [-0.15, -0.1) is 0 Å². The van der Waals surface area contributed by atoms with E-state index in [0.29, 0.717) is 34.7 Å². The number of methoxy groups -OCH3 is 1. The maximum absolute atomic E-state index is 6.44. The molecular formula is C20H25Cl2NO2. The summed E-state index contributed by atoms with van der Waals surface area (Å²) in [5.74, 6) is 1.15. The van der Waals surface area contributed by atoms with Crippen LogP contribution < -0.4 is 14.8 Å². The highest BCUT2D eigenvalue weighted by atomic mass is 35.5. The second-order valence-electron chi connectivity index (χ2n) is 6.58. The first-order valence-electron chi connectivity index (χ1n) is 8.34. The van der Waals surface area contributed by atoms with E-state index in [0.717, 1.165) is 17.5 Å². The van der Waals surface area contributed by atoms with Gasteiger partial charge in [-0.25, -0.2) is 0 Å². The maximum atomic E-state index is 6.44. The first-order valence-corrected chi connectivity index (χ1v) is 9.09. The van der Waals surface area contributed by atoms with Gasteiger partial charge in [-0.3, -0.25) is 0 Å². The summed E-state index contributed by atoms with van der Waals surface area (Å²) in [4.78, 5) is 0. The van der Waals surface area contributed by atoms with Crippen LogP contribution in [0.2, 0.25) is 10.0 Å². The van der Waals surface area contributed by atoms with Gasteiger partial charge in [-0.1, -0.05) is 48.3 Å². The number of rotatable bonds is 8. The lowest BCUT2D eigenvalue weighted by Crippen LogP contribution is -2.37. The summed E-state index contributed by atoms with van der Waals surface area (Å²) in [6, 6.07) is 11.4. The molecule has 0 atom stereocenters. The SMILES string of the molecule is CCC(C)(C)NCc1cc(Cl)c(OCc2ccccc2Cl)c(OC)c1. The Labute approximate surface area is 160 Å². The number of hydrogen-bond donors (Lipinski definition) is 1. The monoisotopic (exact) mass is 381 g/mol. The summed E-state index contributed by atoms with van der Waals surface area (Å²) in [5, 5.41) is 4.71. The number of ether oxygens (including phenoxy) is 2. The number of benzene rings is 2. The van der Waals surface area contributed by atoms with Gasteiger partial charge in [0.1, 0.15) is 6.61 Å². The highest BCUT2D eigenvalue weighted by molar-refractivity contribution is 6.32. The van der Waals surface area contributed by atoms with E-state index in [1.165, 1.54) is 0 Å². The van der Waals surface area contributed by atoms with Crippen molar-refractivity contribution in [3.8, 4) is 11.5 Å². The molecule has 0 spiro atoms. The second kappa shape index (κ2) is 8.79. The van der Waals surface area contributed by atoms with Gasteiger partial charge in [0.2, 0.25) is 0 Å². The van der Waals surface area contributed by atoms with Crippen LogP contribution in [0.25, 0.3) is 0 Å². The molecule has 5 heteroatoms. The largest absolute Gasteiger partial charge is 0.493 e. The van der Waals surface area contributed by atoms with E-state index >= 15 is 0 Å². The molecule has 0 aliphatic carbocycles. The van der Waals surface area contributed by atoms with E-state index in [9.17, 15) is 0 Å². The summed E-state index contributed by atoms with van der Waals surface area (Å²) in [6.45, 7) is 7.55. The topological polar surface area (TPSA) is 30.5 Å². The molecule has 25 heavy (non-hydrogen) atoms. The van der Waals surface area contributed by atoms with E-state index in [2.05, 4.69) is 26.1 Å². The summed E-state index contributed by atoms with van der Waals surface area (Å²) in [7, 11) is 1.61. The van der Waals surface area contributed by atoms with Crippen LogP contribution in [-0.2, 0) is 13.2 Å². The van der Waals surface area contributed by atoms with E-state index in [1.54, 1.807) is 7.11 Å². The van der Waals surface area contributed by atoms with E-state index in [-0.39, 0.29) is 5.54 Å². The lowest BCUT2D eigenvalue weighted by atomic mass is 10.0. The quantitative estimate of drug-likeness (QED) is 0.620. The van der Waals surface area contributed by atoms with Crippen molar-refractivity contribution in [1.82, 2.24) is 5.32 Å². The highest BCUT2D eigenvalue weighted by Gasteiger charge is 2.16. The van der Waals surface area contributed by atoms with Crippen molar-refractivity contribution in [2.75, 3.05) is 7.11 Å². The molecule has 0 aliphatic rings. The van der Waals surface area contributed by atoms with Crippen molar-refractivity contribution >= 4 is 23.2 Å². The van der Waals surface area contributed by atoms with Crippen LogP contribution in [-0.4, -0.2) is 12.6 Å². The fourth-order valence-electron chi connectivity index (χ4n) is 2.25. The van der Waals surface area contributed by atoms with Crippen LogP contribution in [0.15, 0.2) is 36.4 Å². The molecule has 2 aromatic rings. The van der Waals surface area contributed by atoms with Crippen molar-refractivity contribution < 1.29 is 9.47 Å². The Kier molecular flexibility index (Phi) is 7.00. The number of hydrogen-bond acceptors (Lipinski definition) is 3. The molecule has 3 nitrogen and oxygen atoms in total. The van der Waals surface area contributed by atoms with Gasteiger partial charge >= 0.3 is 0 Å². The predicted molar refractivity (Wildman–Crippen MR) is 105 cm³/mol. The van der Waals surface area contributed by atoms with Crippen LogP contribution in [0, 0.1) is 0 Å². The Hall–Kier alpha value is -1.42. The fourth-order valence-corrected chi connectivity index (χ4v) is 2.73. The Bertz CT molecular complexity index is 717. The molecule has 0 bridgehead atoms. The average Bonchev–Trinajstić information content (AvgIpc) is 2.60. The van der Waals surface area contributed by atoms with Crippen molar-refractivity contribution in [1.29, 1.82) is 0 Å². The first-order chi connectivity index (χ1) is 11.9. The van der Waals surface area contributed by atoms with Gasteiger partial charge in [-0.2, -0.15) is 0 Å². The Morgan fingerprint density at radius 3 is 2.44 bits per heavy atom. The highest BCUT2D eigenvalue weighted by Crippen LogP contribution is 2.37. The molecule has 0 saturated heterocycles. The molecule has 2 rings (SSSR count). The smallest absolute Gasteiger partial charge is 0.180 e. The molecular weight excluding hydrogens is 357 g/mol. The van der Waals surface area contributed by atoms with Crippen molar-refractivity contribution in [3.63, 3.8) is 0 Å². The van der Waals surface area contributed by atoms with Crippen LogP contribution in [0.1, 0.15) is 38.3 Å². The van der Waals surface area contributed by atoms with Gasteiger partial charge in [-0.05, 0) is 44.0 Å². The lowest BCUT2D eigenvalue weighted by Gasteiger charge is -2.25. The zero-order valence-corrected chi connectivity index (χ0v) is 16.7. The molecule has 1 N–H and O–H groups in total. The van der Waals surface area contributed by atoms with E-state index in [4.69, 9.17) is 32.7 Å². The van der Waals surface area contributed by atoms with Gasteiger partial charge < -0.3 is 14.8 Å². The molecule has 0 unspecified atom stereocenters. The third kappa shape index (κ3) is 5.53. The van der Waals surface area contributed by atoms with Crippen LogP contribution >= 0.6 is 23.2 Å². The zero-order valence-electron chi connectivity index (χ0n) is 15.2. The minimum Gasteiger partial charge on any atom is -0.493 e. The predicted octanol–water partition coefficient (Wildman–Crippen LogP) is 5.86. The molecule has 2 aromatic carbocycles. The molecule has 0 amide bonds. The third-order valence-corrected chi connectivity index (χ3v) is 4.92. The Balaban J connectivity index is 2.15. The average molecular weight is 382 g/mol. The molecule has 0 aromatic heterocycles. The van der Waals surface area contributed by atoms with Crippen LogP contribution in [0.4, 0.5) is 0 Å². The van der Waals surface area contributed by atoms with Crippen LogP contribution in [0.5, 0.6) is 11.5 Å². The number of nitrogens with one attached hydrogen (secondary N) is 1. The standard InChI is InChI=1S/C20H25Cl2NO2/c1-5-20(2,3)23-12-14-10-17(22)19(18(11-14)24-4)25-13-15-8-6-7-9-16(15)21/h6-11,23H,5,12-13H2,1-4H3. The van der Waals surface area contributed by atoms with Gasteiger partial charge in [0.05, 0.1) is 12.1 Å². The molecule has 0 heterocycles. The molecule has 136 valence electrons. The van der Waals surface area contributed by atoms with Crippen molar-refractivity contribution in [2.45, 2.75) is 45.9 Å². The summed E-state index contributed by atoms with van der Waals surface area (Å²) in [6.07, 6.45) is 1.04. The first kappa shape index (κ1) is 19.9. The zero-order chi connectivity index (χ0) is 18.4. The summed E-state index contributed by atoms with van der Waals surface area (Å²) >= 11 is 12.6. The fraction of sp³-hybridized carbons (Fsp3) is 0.400. The number of halogens is 2. The third-order valence-electron chi connectivity index (χ3n) is 4.27. The van der Waals surface area contributed by atoms with Crippen molar-refractivity contribution in [3.05, 3.63) is 57.6 Å². The van der Waals surface area contributed by atoms with Crippen LogP contribution in [0.3, 0.4) is 0 Å².